The maximum Gasteiger partial charge on any atom is 0.261 e. The Morgan fingerprint density at radius 2 is 1.43 bits per heavy atom. The second kappa shape index (κ2) is 7.03. The highest BCUT2D eigenvalue weighted by Gasteiger charge is 2.33. The molecule has 0 unspecified atom stereocenters. The molecule has 4 nitrogen and oxygen atoms in total. The summed E-state index contributed by atoms with van der Waals surface area (Å²) in [6, 6.07) is 16.8. The first-order valence-corrected chi connectivity index (χ1v) is 7.49. The molecule has 1 heterocycles. The van der Waals surface area contributed by atoms with Gasteiger partial charge in [-0.25, -0.2) is 0 Å². The number of ether oxygens (including phenoxy) is 1. The molecule has 3 rings (SSSR count). The lowest BCUT2D eigenvalue weighted by Gasteiger charge is -2.10. The van der Waals surface area contributed by atoms with Crippen molar-refractivity contribution in [3.05, 3.63) is 83.4 Å². The van der Waals surface area contributed by atoms with Crippen LogP contribution < -0.4 is 0 Å². The van der Waals surface area contributed by atoms with Crippen LogP contribution in [0.3, 0.4) is 0 Å². The molecule has 4 heteroatoms. The predicted molar refractivity (Wildman–Crippen MR) is 87.0 cm³/mol. The maximum atomic E-state index is 12.2. The van der Waals surface area contributed by atoms with Crippen molar-refractivity contribution in [3.63, 3.8) is 0 Å². The van der Waals surface area contributed by atoms with Crippen LogP contribution in [0.4, 0.5) is 0 Å². The van der Waals surface area contributed by atoms with E-state index in [1.807, 2.05) is 36.4 Å². The summed E-state index contributed by atoms with van der Waals surface area (Å²) in [6.07, 6.45) is 3.61. The van der Waals surface area contributed by atoms with Gasteiger partial charge in [0.15, 0.2) is 0 Å². The van der Waals surface area contributed by atoms with E-state index in [0.717, 1.165) is 5.56 Å². The van der Waals surface area contributed by atoms with Crippen LogP contribution in [0.15, 0.2) is 66.7 Å². The number of hydrogen-bond acceptors (Lipinski definition) is 3. The van der Waals surface area contributed by atoms with Gasteiger partial charge in [-0.05, 0) is 17.7 Å². The van der Waals surface area contributed by atoms with Gasteiger partial charge in [-0.3, -0.25) is 14.5 Å². The minimum absolute atomic E-state index is 0.236. The van der Waals surface area contributed by atoms with E-state index in [0.29, 0.717) is 24.3 Å². The standard InChI is InChI=1S/C19H17NO3/c21-18-16-10-4-5-11-17(16)19(22)20(18)12-6-7-13-23-14-15-8-2-1-3-9-15/h1-11H,12-14H2/b7-6-. The summed E-state index contributed by atoms with van der Waals surface area (Å²) in [6.45, 7) is 1.25. The fourth-order valence-corrected chi connectivity index (χ4v) is 2.47. The van der Waals surface area contributed by atoms with E-state index in [1.165, 1.54) is 4.90 Å². The van der Waals surface area contributed by atoms with E-state index < -0.39 is 0 Å². The first kappa shape index (κ1) is 15.2. The topological polar surface area (TPSA) is 46.6 Å². The van der Waals surface area contributed by atoms with E-state index in [-0.39, 0.29) is 18.4 Å². The van der Waals surface area contributed by atoms with Crippen molar-refractivity contribution in [2.75, 3.05) is 13.2 Å². The molecular formula is C19H17NO3. The Hall–Kier alpha value is -2.72. The van der Waals surface area contributed by atoms with E-state index in [9.17, 15) is 9.59 Å². The number of benzene rings is 2. The average molecular weight is 307 g/mol. The van der Waals surface area contributed by atoms with Crippen LogP contribution in [0, 0.1) is 0 Å². The van der Waals surface area contributed by atoms with E-state index in [4.69, 9.17) is 4.74 Å². The van der Waals surface area contributed by atoms with E-state index in [2.05, 4.69) is 0 Å². The van der Waals surface area contributed by atoms with Gasteiger partial charge in [-0.2, -0.15) is 0 Å². The quantitative estimate of drug-likeness (QED) is 0.468. The molecule has 0 radical (unpaired) electrons. The highest BCUT2D eigenvalue weighted by Crippen LogP contribution is 2.21. The zero-order valence-corrected chi connectivity index (χ0v) is 12.6. The molecule has 2 aromatic carbocycles. The number of imide groups is 1. The highest BCUT2D eigenvalue weighted by atomic mass is 16.5. The van der Waals surface area contributed by atoms with Gasteiger partial charge >= 0.3 is 0 Å². The van der Waals surface area contributed by atoms with Crippen LogP contribution in [0.2, 0.25) is 0 Å². The van der Waals surface area contributed by atoms with Gasteiger partial charge in [0.05, 0.1) is 24.3 Å². The number of rotatable bonds is 6. The van der Waals surface area contributed by atoms with E-state index >= 15 is 0 Å². The average Bonchev–Trinajstić information content (AvgIpc) is 2.84. The molecule has 0 saturated heterocycles. The molecule has 0 spiro atoms. The number of hydrogen-bond donors (Lipinski definition) is 0. The zero-order chi connectivity index (χ0) is 16.1. The second-order valence-electron chi connectivity index (χ2n) is 5.24. The number of nitrogens with zero attached hydrogens (tertiary/aromatic N) is 1. The minimum atomic E-state index is -0.236. The van der Waals surface area contributed by atoms with Crippen LogP contribution in [-0.2, 0) is 11.3 Å². The largest absolute Gasteiger partial charge is 0.373 e. The summed E-state index contributed by atoms with van der Waals surface area (Å²) in [5.41, 5.74) is 2.07. The van der Waals surface area contributed by atoms with Crippen molar-refractivity contribution in [3.8, 4) is 0 Å². The van der Waals surface area contributed by atoms with Gasteiger partial charge in [0.2, 0.25) is 0 Å². The highest BCUT2D eigenvalue weighted by molar-refractivity contribution is 6.21. The molecule has 0 aromatic heterocycles. The molecule has 2 amide bonds. The van der Waals surface area contributed by atoms with Crippen molar-refractivity contribution in [1.29, 1.82) is 0 Å². The Morgan fingerprint density at radius 3 is 2.09 bits per heavy atom. The summed E-state index contributed by atoms with van der Waals surface area (Å²) < 4.78 is 5.52. The molecular weight excluding hydrogens is 290 g/mol. The molecule has 1 aliphatic rings. The molecule has 23 heavy (non-hydrogen) atoms. The van der Waals surface area contributed by atoms with Gasteiger partial charge in [-0.15, -0.1) is 0 Å². The second-order valence-corrected chi connectivity index (χ2v) is 5.24. The van der Waals surface area contributed by atoms with Gasteiger partial charge in [0, 0.05) is 6.54 Å². The van der Waals surface area contributed by atoms with E-state index in [1.54, 1.807) is 30.3 Å². The molecule has 0 atom stereocenters. The van der Waals surface area contributed by atoms with Gasteiger partial charge in [0.1, 0.15) is 0 Å². The van der Waals surface area contributed by atoms with Crippen LogP contribution in [0.5, 0.6) is 0 Å². The van der Waals surface area contributed by atoms with Gasteiger partial charge in [-0.1, -0.05) is 54.6 Å². The molecule has 0 fully saturated rings. The molecule has 0 aliphatic carbocycles. The number of carbonyl (C=O) groups excluding carboxylic acids is 2. The molecule has 1 aliphatic heterocycles. The predicted octanol–water partition coefficient (Wildman–Crippen LogP) is 3.06. The summed E-state index contributed by atoms with van der Waals surface area (Å²) in [4.78, 5) is 25.6. The van der Waals surface area contributed by atoms with Crippen molar-refractivity contribution in [1.82, 2.24) is 4.90 Å². The fourth-order valence-electron chi connectivity index (χ4n) is 2.47. The third kappa shape index (κ3) is 3.38. The third-order valence-electron chi connectivity index (χ3n) is 3.66. The lowest BCUT2D eigenvalue weighted by atomic mass is 10.1. The fraction of sp³-hybridized carbons (Fsp3) is 0.158. The van der Waals surface area contributed by atoms with Crippen molar-refractivity contribution < 1.29 is 14.3 Å². The Labute approximate surface area is 135 Å². The monoisotopic (exact) mass is 307 g/mol. The summed E-state index contributed by atoms with van der Waals surface area (Å²) in [5.74, 6) is -0.471. The van der Waals surface area contributed by atoms with Crippen molar-refractivity contribution >= 4 is 11.8 Å². The summed E-state index contributed by atoms with van der Waals surface area (Å²) >= 11 is 0. The number of carbonyl (C=O) groups is 2. The molecule has 0 saturated carbocycles. The van der Waals surface area contributed by atoms with Gasteiger partial charge in [0.25, 0.3) is 11.8 Å². The Balaban J connectivity index is 1.48. The molecule has 0 N–H and O–H groups in total. The first-order valence-electron chi connectivity index (χ1n) is 7.49. The normalized spacial score (nSPS) is 13.8. The number of fused-ring (bicyclic) bond motifs is 1. The summed E-state index contributed by atoms with van der Waals surface area (Å²) in [5, 5.41) is 0. The lowest BCUT2D eigenvalue weighted by Crippen LogP contribution is -2.29. The van der Waals surface area contributed by atoms with Crippen LogP contribution >= 0.6 is 0 Å². The molecule has 116 valence electrons. The Bertz CT molecular complexity index is 702. The minimum Gasteiger partial charge on any atom is -0.373 e. The molecule has 2 aromatic rings. The van der Waals surface area contributed by atoms with Gasteiger partial charge < -0.3 is 4.74 Å². The van der Waals surface area contributed by atoms with Crippen LogP contribution in [-0.4, -0.2) is 29.9 Å². The van der Waals surface area contributed by atoms with Crippen LogP contribution in [0.25, 0.3) is 0 Å². The SMILES string of the molecule is O=C1c2ccccc2C(=O)N1C/C=C\COCc1ccccc1. The first-order chi connectivity index (χ1) is 11.3. The zero-order valence-electron chi connectivity index (χ0n) is 12.6. The molecule has 0 bridgehead atoms. The number of amides is 2. The lowest BCUT2D eigenvalue weighted by molar-refractivity contribution is 0.0671. The maximum absolute atomic E-state index is 12.2. The third-order valence-corrected chi connectivity index (χ3v) is 3.66. The van der Waals surface area contributed by atoms with Crippen molar-refractivity contribution in [2.24, 2.45) is 0 Å². The van der Waals surface area contributed by atoms with Crippen molar-refractivity contribution in [2.45, 2.75) is 6.61 Å². The van der Waals surface area contributed by atoms with Crippen LogP contribution in [0.1, 0.15) is 26.3 Å². The smallest absolute Gasteiger partial charge is 0.261 e. The Kier molecular flexibility index (Phi) is 4.64. The Morgan fingerprint density at radius 1 is 0.826 bits per heavy atom. The summed E-state index contributed by atoms with van der Waals surface area (Å²) in [7, 11) is 0.